The Morgan fingerprint density at radius 2 is 2.06 bits per heavy atom. The Morgan fingerprint density at radius 1 is 1.33 bits per heavy atom. The fourth-order valence-corrected chi connectivity index (χ4v) is 2.87. The molecule has 1 aliphatic carbocycles. The van der Waals surface area contributed by atoms with E-state index < -0.39 is 5.97 Å². The van der Waals surface area contributed by atoms with Gasteiger partial charge in [-0.2, -0.15) is 0 Å². The van der Waals surface area contributed by atoms with Gasteiger partial charge in [0, 0.05) is 6.42 Å². The summed E-state index contributed by atoms with van der Waals surface area (Å²) >= 11 is 6.03. The number of aromatic hydroxyl groups is 1. The van der Waals surface area contributed by atoms with Crippen LogP contribution in [0.4, 0.5) is 0 Å². The number of aryl methyl sites for hydroxylation is 1. The molecule has 0 aliphatic heterocycles. The van der Waals surface area contributed by atoms with Crippen molar-refractivity contribution in [2.24, 2.45) is 0 Å². The number of benzene rings is 1. The van der Waals surface area contributed by atoms with Crippen LogP contribution in [-0.2, 0) is 24.1 Å². The number of phenols is 1. The van der Waals surface area contributed by atoms with E-state index in [1.54, 1.807) is 0 Å². The molecule has 0 unspecified atom stereocenters. The fraction of sp³-hybridized carbons (Fsp3) is 0.500. The molecule has 3 nitrogen and oxygen atoms in total. The molecule has 0 amide bonds. The molecule has 0 radical (unpaired) electrons. The number of halogens is 1. The van der Waals surface area contributed by atoms with Gasteiger partial charge in [0.1, 0.15) is 5.75 Å². The third-order valence-electron chi connectivity index (χ3n) is 3.51. The van der Waals surface area contributed by atoms with Gasteiger partial charge in [0.15, 0.2) is 0 Å². The van der Waals surface area contributed by atoms with E-state index in [0.29, 0.717) is 17.9 Å². The maximum Gasteiger partial charge on any atom is 0.303 e. The summed E-state index contributed by atoms with van der Waals surface area (Å²) in [5.74, 6) is -0.659. The van der Waals surface area contributed by atoms with E-state index in [1.807, 2.05) is 6.07 Å². The summed E-state index contributed by atoms with van der Waals surface area (Å²) < 4.78 is 0. The average molecular weight is 269 g/mol. The lowest BCUT2D eigenvalue weighted by molar-refractivity contribution is -0.137. The molecule has 0 bridgehead atoms. The van der Waals surface area contributed by atoms with Gasteiger partial charge in [-0.15, -0.1) is 0 Å². The van der Waals surface area contributed by atoms with Crippen LogP contribution in [-0.4, -0.2) is 16.2 Å². The standard InChI is InChI=1S/C14H17ClO3/c15-12-8-9-4-1-2-5-10(9)11(14(12)18)6-3-7-13(16)17/h8,18H,1-7H2,(H,16,17). The maximum atomic E-state index is 10.5. The molecular weight excluding hydrogens is 252 g/mol. The van der Waals surface area contributed by atoms with Crippen molar-refractivity contribution in [2.75, 3.05) is 0 Å². The highest BCUT2D eigenvalue weighted by atomic mass is 35.5. The molecule has 0 saturated carbocycles. The van der Waals surface area contributed by atoms with Gasteiger partial charge in [-0.3, -0.25) is 4.79 Å². The predicted molar refractivity (Wildman–Crippen MR) is 70.3 cm³/mol. The van der Waals surface area contributed by atoms with Crippen LogP contribution in [0.2, 0.25) is 5.02 Å². The summed E-state index contributed by atoms with van der Waals surface area (Å²) in [4.78, 5) is 10.5. The van der Waals surface area contributed by atoms with E-state index in [4.69, 9.17) is 16.7 Å². The SMILES string of the molecule is O=C(O)CCCc1c(O)c(Cl)cc2c1CCCC2. The van der Waals surface area contributed by atoms with Gasteiger partial charge in [-0.25, -0.2) is 0 Å². The molecule has 1 aromatic carbocycles. The van der Waals surface area contributed by atoms with Crippen LogP contribution >= 0.6 is 11.6 Å². The molecule has 1 aliphatic rings. The summed E-state index contributed by atoms with van der Waals surface area (Å²) in [5.41, 5.74) is 3.27. The lowest BCUT2D eigenvalue weighted by Crippen LogP contribution is -2.08. The second-order valence-electron chi connectivity index (χ2n) is 4.78. The smallest absolute Gasteiger partial charge is 0.303 e. The van der Waals surface area contributed by atoms with E-state index in [1.165, 1.54) is 11.1 Å². The van der Waals surface area contributed by atoms with Crippen LogP contribution in [0.5, 0.6) is 5.75 Å². The van der Waals surface area contributed by atoms with E-state index >= 15 is 0 Å². The minimum absolute atomic E-state index is 0.126. The monoisotopic (exact) mass is 268 g/mol. The van der Waals surface area contributed by atoms with Crippen LogP contribution in [0, 0.1) is 0 Å². The van der Waals surface area contributed by atoms with Crippen LogP contribution in [0.1, 0.15) is 42.4 Å². The van der Waals surface area contributed by atoms with Crippen molar-refractivity contribution >= 4 is 17.6 Å². The van der Waals surface area contributed by atoms with Crippen LogP contribution < -0.4 is 0 Å². The van der Waals surface area contributed by atoms with E-state index in [-0.39, 0.29) is 12.2 Å². The van der Waals surface area contributed by atoms with Crippen molar-refractivity contribution in [3.63, 3.8) is 0 Å². The quantitative estimate of drug-likeness (QED) is 0.881. The maximum absolute atomic E-state index is 10.5. The van der Waals surface area contributed by atoms with Gasteiger partial charge >= 0.3 is 5.97 Å². The molecule has 18 heavy (non-hydrogen) atoms. The molecular formula is C14H17ClO3. The Hall–Kier alpha value is -1.22. The minimum Gasteiger partial charge on any atom is -0.506 e. The molecule has 0 spiro atoms. The van der Waals surface area contributed by atoms with Crippen molar-refractivity contribution < 1.29 is 15.0 Å². The summed E-state index contributed by atoms with van der Waals surface area (Å²) in [6.45, 7) is 0. The Balaban J connectivity index is 2.26. The molecule has 98 valence electrons. The van der Waals surface area contributed by atoms with Gasteiger partial charge in [0.05, 0.1) is 5.02 Å². The highest BCUT2D eigenvalue weighted by Gasteiger charge is 2.19. The molecule has 0 fully saturated rings. The Morgan fingerprint density at radius 3 is 2.78 bits per heavy atom. The lowest BCUT2D eigenvalue weighted by Gasteiger charge is -2.21. The van der Waals surface area contributed by atoms with Crippen molar-refractivity contribution in [1.82, 2.24) is 0 Å². The Kier molecular flexibility index (Phi) is 4.12. The number of carbonyl (C=O) groups is 1. The van der Waals surface area contributed by atoms with Gasteiger partial charge in [-0.1, -0.05) is 11.6 Å². The molecule has 0 saturated heterocycles. The Labute approximate surface area is 111 Å². The van der Waals surface area contributed by atoms with Crippen molar-refractivity contribution in [3.8, 4) is 5.75 Å². The highest BCUT2D eigenvalue weighted by Crippen LogP contribution is 2.37. The lowest BCUT2D eigenvalue weighted by atomic mass is 9.86. The first-order valence-electron chi connectivity index (χ1n) is 6.33. The third-order valence-corrected chi connectivity index (χ3v) is 3.79. The zero-order valence-electron chi connectivity index (χ0n) is 10.2. The number of carboxylic acids is 1. The molecule has 2 rings (SSSR count). The van der Waals surface area contributed by atoms with Crippen LogP contribution in [0.15, 0.2) is 6.07 Å². The van der Waals surface area contributed by atoms with Crippen LogP contribution in [0.3, 0.4) is 0 Å². The number of phenolic OH excluding ortho intramolecular Hbond substituents is 1. The number of fused-ring (bicyclic) bond motifs is 1. The van der Waals surface area contributed by atoms with Gasteiger partial charge in [-0.05, 0) is 61.3 Å². The number of hydrogen-bond acceptors (Lipinski definition) is 2. The second-order valence-corrected chi connectivity index (χ2v) is 5.18. The van der Waals surface area contributed by atoms with E-state index in [2.05, 4.69) is 0 Å². The summed E-state index contributed by atoms with van der Waals surface area (Å²) in [7, 11) is 0. The van der Waals surface area contributed by atoms with Crippen molar-refractivity contribution in [2.45, 2.75) is 44.9 Å². The third kappa shape index (κ3) is 2.78. The zero-order valence-corrected chi connectivity index (χ0v) is 11.0. The molecule has 0 heterocycles. The second kappa shape index (κ2) is 5.61. The number of aliphatic carboxylic acids is 1. The number of carboxylic acid groups (broad SMARTS) is 1. The normalized spacial score (nSPS) is 14.3. The first-order valence-corrected chi connectivity index (χ1v) is 6.71. The molecule has 4 heteroatoms. The minimum atomic E-state index is -0.801. The van der Waals surface area contributed by atoms with Crippen molar-refractivity contribution in [3.05, 3.63) is 27.8 Å². The molecule has 1 aromatic rings. The molecule has 0 atom stereocenters. The van der Waals surface area contributed by atoms with Gasteiger partial charge in [0.2, 0.25) is 0 Å². The number of rotatable bonds is 4. The molecule has 2 N–H and O–H groups in total. The van der Waals surface area contributed by atoms with E-state index in [0.717, 1.165) is 31.2 Å². The average Bonchev–Trinajstić information content (AvgIpc) is 2.33. The predicted octanol–water partition coefficient (Wildman–Crippen LogP) is 3.33. The van der Waals surface area contributed by atoms with Crippen molar-refractivity contribution in [1.29, 1.82) is 0 Å². The Bertz CT molecular complexity index is 469. The fourth-order valence-electron chi connectivity index (χ4n) is 2.63. The first kappa shape index (κ1) is 13.2. The van der Waals surface area contributed by atoms with Gasteiger partial charge in [0.25, 0.3) is 0 Å². The van der Waals surface area contributed by atoms with Gasteiger partial charge < -0.3 is 10.2 Å². The van der Waals surface area contributed by atoms with Crippen LogP contribution in [0.25, 0.3) is 0 Å². The summed E-state index contributed by atoms with van der Waals surface area (Å²) in [5, 5.41) is 19.1. The zero-order chi connectivity index (χ0) is 13.1. The first-order chi connectivity index (χ1) is 8.59. The largest absolute Gasteiger partial charge is 0.506 e. The topological polar surface area (TPSA) is 57.5 Å². The highest BCUT2D eigenvalue weighted by molar-refractivity contribution is 6.32. The summed E-state index contributed by atoms with van der Waals surface area (Å²) in [6.07, 6.45) is 5.49. The van der Waals surface area contributed by atoms with E-state index in [9.17, 15) is 9.90 Å². The summed E-state index contributed by atoms with van der Waals surface area (Å²) in [6, 6.07) is 1.85. The molecule has 0 aromatic heterocycles. The number of hydrogen-bond donors (Lipinski definition) is 2.